The van der Waals surface area contributed by atoms with E-state index in [-0.39, 0.29) is 11.4 Å². The molecule has 1 amide bonds. The van der Waals surface area contributed by atoms with E-state index in [1.54, 1.807) is 6.33 Å². The van der Waals surface area contributed by atoms with Crippen molar-refractivity contribution in [1.82, 2.24) is 20.2 Å². The molecule has 0 unspecified atom stereocenters. The minimum atomic E-state index is -0.145. The van der Waals surface area contributed by atoms with Gasteiger partial charge in [-0.25, -0.2) is 4.98 Å². The molecule has 0 aromatic carbocycles. The average molecular weight is 264 g/mol. The molecule has 1 heterocycles. The van der Waals surface area contributed by atoms with Crippen LogP contribution in [-0.4, -0.2) is 27.0 Å². The summed E-state index contributed by atoms with van der Waals surface area (Å²) in [4.78, 5) is 16.2. The van der Waals surface area contributed by atoms with Crippen molar-refractivity contribution in [3.05, 3.63) is 18.2 Å². The lowest BCUT2D eigenvalue weighted by atomic mass is 10.0. The van der Waals surface area contributed by atoms with E-state index in [2.05, 4.69) is 22.5 Å². The lowest BCUT2D eigenvalue weighted by Crippen LogP contribution is -2.44. The van der Waals surface area contributed by atoms with Gasteiger partial charge in [-0.15, -0.1) is 0 Å². The van der Waals surface area contributed by atoms with E-state index < -0.39 is 0 Å². The molecule has 1 aromatic heterocycles. The number of rotatable bonds is 7. The van der Waals surface area contributed by atoms with Crippen LogP contribution in [0.2, 0.25) is 0 Å². The number of carbonyl (C=O) groups excluding carboxylic acids is 1. The van der Waals surface area contributed by atoms with Gasteiger partial charge in [-0.2, -0.15) is 0 Å². The maximum atomic E-state index is 11.9. The molecule has 19 heavy (non-hydrogen) atoms. The van der Waals surface area contributed by atoms with Crippen LogP contribution < -0.4 is 10.6 Å². The highest BCUT2D eigenvalue weighted by Gasteiger charge is 2.20. The highest BCUT2D eigenvalue weighted by atomic mass is 16.2. The third-order valence-electron chi connectivity index (χ3n) is 3.52. The Bertz CT molecular complexity index is 434. The average Bonchev–Trinajstić information content (AvgIpc) is 3.07. The molecule has 1 aliphatic carbocycles. The van der Waals surface area contributed by atoms with Crippen molar-refractivity contribution in [3.63, 3.8) is 0 Å². The van der Waals surface area contributed by atoms with Crippen molar-refractivity contribution >= 4 is 5.91 Å². The molecule has 0 bridgehead atoms. The Morgan fingerprint density at radius 3 is 2.89 bits per heavy atom. The predicted molar refractivity (Wildman–Crippen MR) is 74.6 cm³/mol. The minimum Gasteiger partial charge on any atom is -0.350 e. The van der Waals surface area contributed by atoms with Gasteiger partial charge in [0.1, 0.15) is 6.54 Å². The fourth-order valence-corrected chi connectivity index (χ4v) is 1.79. The maximum Gasteiger partial charge on any atom is 0.240 e. The third kappa shape index (κ3) is 4.67. The fraction of sp³-hybridized carbons (Fsp3) is 0.714. The summed E-state index contributed by atoms with van der Waals surface area (Å²) in [7, 11) is 0. The van der Waals surface area contributed by atoms with E-state index in [0.717, 1.165) is 18.7 Å². The predicted octanol–water partition coefficient (Wildman–Crippen LogP) is 1.44. The molecule has 0 radical (unpaired) electrons. The Balaban J connectivity index is 1.79. The number of aromatic nitrogens is 2. The van der Waals surface area contributed by atoms with Crippen molar-refractivity contribution in [2.75, 3.05) is 0 Å². The van der Waals surface area contributed by atoms with E-state index in [0.29, 0.717) is 12.6 Å². The van der Waals surface area contributed by atoms with Gasteiger partial charge in [0.2, 0.25) is 5.91 Å². The standard InChI is InChI=1S/C14H24N4O/c1-4-14(2,3)17-13(19)9-18-8-12(16-10-18)7-15-11-5-6-11/h8,10-11,15H,4-7,9H2,1-3H3,(H,17,19). The van der Waals surface area contributed by atoms with Crippen LogP contribution in [0.3, 0.4) is 0 Å². The molecule has 0 spiro atoms. The normalized spacial score (nSPS) is 15.5. The van der Waals surface area contributed by atoms with Crippen LogP contribution in [0, 0.1) is 0 Å². The molecule has 5 heteroatoms. The number of nitrogens with one attached hydrogen (secondary N) is 2. The van der Waals surface area contributed by atoms with Crippen LogP contribution in [0.5, 0.6) is 0 Å². The van der Waals surface area contributed by atoms with Crippen molar-refractivity contribution in [1.29, 1.82) is 0 Å². The zero-order valence-electron chi connectivity index (χ0n) is 12.1. The van der Waals surface area contributed by atoms with E-state index in [9.17, 15) is 4.79 Å². The summed E-state index contributed by atoms with van der Waals surface area (Å²) in [6.45, 7) is 7.26. The Hall–Kier alpha value is -1.36. The number of amides is 1. The first kappa shape index (κ1) is 14.1. The van der Waals surface area contributed by atoms with Gasteiger partial charge in [-0.05, 0) is 33.1 Å². The van der Waals surface area contributed by atoms with Gasteiger partial charge in [0, 0.05) is 24.3 Å². The monoisotopic (exact) mass is 264 g/mol. The molecule has 0 aliphatic heterocycles. The summed E-state index contributed by atoms with van der Waals surface area (Å²) in [5, 5.41) is 6.43. The van der Waals surface area contributed by atoms with Gasteiger partial charge < -0.3 is 15.2 Å². The molecule has 1 aliphatic rings. The quantitative estimate of drug-likeness (QED) is 0.783. The van der Waals surface area contributed by atoms with E-state index in [1.165, 1.54) is 12.8 Å². The molecule has 1 aromatic rings. The first-order valence-corrected chi connectivity index (χ1v) is 7.03. The summed E-state index contributed by atoms with van der Waals surface area (Å²) < 4.78 is 1.84. The second-order valence-corrected chi connectivity index (χ2v) is 5.98. The summed E-state index contributed by atoms with van der Waals surface area (Å²) in [5.74, 6) is 0.0333. The van der Waals surface area contributed by atoms with Crippen LogP contribution in [0.4, 0.5) is 0 Å². The SMILES string of the molecule is CCC(C)(C)NC(=O)Cn1cnc(CNC2CC2)c1. The Morgan fingerprint density at radius 1 is 1.53 bits per heavy atom. The Kier molecular flexibility index (Phi) is 4.24. The van der Waals surface area contributed by atoms with E-state index >= 15 is 0 Å². The van der Waals surface area contributed by atoms with Gasteiger partial charge >= 0.3 is 0 Å². The summed E-state index contributed by atoms with van der Waals surface area (Å²) in [5.41, 5.74) is 0.850. The molecule has 2 rings (SSSR count). The van der Waals surface area contributed by atoms with Gasteiger partial charge in [0.25, 0.3) is 0 Å². The fourth-order valence-electron chi connectivity index (χ4n) is 1.79. The minimum absolute atomic E-state index is 0.0333. The molecule has 0 atom stereocenters. The third-order valence-corrected chi connectivity index (χ3v) is 3.52. The molecule has 1 saturated carbocycles. The number of nitrogens with zero attached hydrogens (tertiary/aromatic N) is 2. The largest absolute Gasteiger partial charge is 0.350 e. The van der Waals surface area contributed by atoms with E-state index in [1.807, 2.05) is 24.6 Å². The Morgan fingerprint density at radius 2 is 2.26 bits per heavy atom. The van der Waals surface area contributed by atoms with Crippen molar-refractivity contribution in [3.8, 4) is 0 Å². The summed E-state index contributed by atoms with van der Waals surface area (Å²) in [6.07, 6.45) is 7.12. The first-order valence-electron chi connectivity index (χ1n) is 7.03. The Labute approximate surface area is 114 Å². The highest BCUT2D eigenvalue weighted by molar-refractivity contribution is 5.76. The molecular formula is C14H24N4O. The van der Waals surface area contributed by atoms with Gasteiger partial charge in [-0.3, -0.25) is 4.79 Å². The smallest absolute Gasteiger partial charge is 0.240 e. The van der Waals surface area contributed by atoms with E-state index in [4.69, 9.17) is 0 Å². The second kappa shape index (κ2) is 5.74. The van der Waals surface area contributed by atoms with Crippen molar-refractivity contribution in [2.45, 2.75) is 64.7 Å². The molecule has 1 fully saturated rings. The lowest BCUT2D eigenvalue weighted by Gasteiger charge is -2.24. The van der Waals surface area contributed by atoms with Crippen LogP contribution in [0.25, 0.3) is 0 Å². The van der Waals surface area contributed by atoms with Gasteiger partial charge in [-0.1, -0.05) is 6.92 Å². The van der Waals surface area contributed by atoms with Crippen molar-refractivity contribution < 1.29 is 4.79 Å². The maximum absolute atomic E-state index is 11.9. The number of hydrogen-bond acceptors (Lipinski definition) is 3. The zero-order valence-corrected chi connectivity index (χ0v) is 12.1. The number of imidazole rings is 1. The van der Waals surface area contributed by atoms with Gasteiger partial charge in [0.05, 0.1) is 12.0 Å². The molecule has 5 nitrogen and oxygen atoms in total. The number of carbonyl (C=O) groups is 1. The zero-order chi connectivity index (χ0) is 13.9. The lowest BCUT2D eigenvalue weighted by molar-refractivity contribution is -0.123. The molecular weight excluding hydrogens is 240 g/mol. The topological polar surface area (TPSA) is 59.0 Å². The highest BCUT2D eigenvalue weighted by Crippen LogP contribution is 2.18. The molecule has 0 saturated heterocycles. The second-order valence-electron chi connectivity index (χ2n) is 5.98. The van der Waals surface area contributed by atoms with Crippen LogP contribution >= 0.6 is 0 Å². The van der Waals surface area contributed by atoms with Gasteiger partial charge in [0.15, 0.2) is 0 Å². The molecule has 2 N–H and O–H groups in total. The number of hydrogen-bond donors (Lipinski definition) is 2. The van der Waals surface area contributed by atoms with Crippen LogP contribution in [-0.2, 0) is 17.9 Å². The first-order chi connectivity index (χ1) is 8.98. The van der Waals surface area contributed by atoms with Crippen LogP contribution in [0.15, 0.2) is 12.5 Å². The molecule has 106 valence electrons. The van der Waals surface area contributed by atoms with Crippen molar-refractivity contribution in [2.24, 2.45) is 0 Å². The van der Waals surface area contributed by atoms with Crippen LogP contribution in [0.1, 0.15) is 45.7 Å². The summed E-state index contributed by atoms with van der Waals surface area (Å²) in [6, 6.07) is 0.679. The summed E-state index contributed by atoms with van der Waals surface area (Å²) >= 11 is 0.